The maximum Gasteiger partial charge on any atom is 0.198 e. The van der Waals surface area contributed by atoms with Gasteiger partial charge in [-0.25, -0.2) is 4.98 Å². The Kier molecular flexibility index (Phi) is 3.23. The fraction of sp³-hybridized carbons (Fsp3) is 0.133. The third-order valence-electron chi connectivity index (χ3n) is 2.96. The highest BCUT2D eigenvalue weighted by molar-refractivity contribution is 6.30. The van der Waals surface area contributed by atoms with E-state index >= 15 is 0 Å². The van der Waals surface area contributed by atoms with Crippen LogP contribution in [0.15, 0.2) is 52.9 Å². The van der Waals surface area contributed by atoms with Crippen molar-refractivity contribution in [3.8, 4) is 0 Å². The van der Waals surface area contributed by atoms with E-state index in [4.69, 9.17) is 16.0 Å². The molecule has 0 saturated carbocycles. The summed E-state index contributed by atoms with van der Waals surface area (Å²) in [5, 5.41) is 10.8. The van der Waals surface area contributed by atoms with Crippen LogP contribution in [0.3, 0.4) is 0 Å². The van der Waals surface area contributed by atoms with Gasteiger partial charge in [0, 0.05) is 5.02 Å². The Morgan fingerprint density at radius 3 is 2.58 bits per heavy atom. The molecule has 2 aromatic carbocycles. The molecule has 4 heteroatoms. The van der Waals surface area contributed by atoms with Crippen LogP contribution in [0, 0.1) is 0 Å². The van der Waals surface area contributed by atoms with Crippen LogP contribution in [0.5, 0.6) is 0 Å². The highest BCUT2D eigenvalue weighted by Gasteiger charge is 2.13. The van der Waals surface area contributed by atoms with Crippen LogP contribution in [0.2, 0.25) is 5.02 Å². The minimum absolute atomic E-state index is 0.344. The second-order valence-corrected chi connectivity index (χ2v) is 4.78. The maximum atomic E-state index is 10.1. The third-order valence-corrected chi connectivity index (χ3v) is 3.21. The summed E-state index contributed by atoms with van der Waals surface area (Å²) in [4.78, 5) is 4.34. The molecule has 3 nitrogen and oxygen atoms in total. The van der Waals surface area contributed by atoms with E-state index < -0.39 is 6.10 Å². The molecule has 0 bridgehead atoms. The van der Waals surface area contributed by atoms with Crippen molar-refractivity contribution in [1.82, 2.24) is 4.98 Å². The summed E-state index contributed by atoms with van der Waals surface area (Å²) < 4.78 is 5.59. The second kappa shape index (κ2) is 5.03. The Labute approximate surface area is 115 Å². The first-order chi connectivity index (χ1) is 9.22. The fourth-order valence-corrected chi connectivity index (χ4v) is 2.10. The molecular formula is C15H12ClNO2. The molecule has 1 N–H and O–H groups in total. The Morgan fingerprint density at radius 2 is 1.84 bits per heavy atom. The predicted molar refractivity (Wildman–Crippen MR) is 74.1 cm³/mol. The van der Waals surface area contributed by atoms with Gasteiger partial charge in [-0.2, -0.15) is 0 Å². The lowest BCUT2D eigenvalue weighted by atomic mass is 10.1. The van der Waals surface area contributed by atoms with Gasteiger partial charge in [0.15, 0.2) is 11.5 Å². The number of para-hydroxylation sites is 2. The average Bonchev–Trinajstić information content (AvgIpc) is 2.81. The Morgan fingerprint density at radius 1 is 1.11 bits per heavy atom. The van der Waals surface area contributed by atoms with Gasteiger partial charge >= 0.3 is 0 Å². The molecule has 0 aliphatic heterocycles. The number of aliphatic hydroxyl groups excluding tert-OH is 1. The van der Waals surface area contributed by atoms with E-state index in [1.807, 2.05) is 24.3 Å². The van der Waals surface area contributed by atoms with Crippen LogP contribution < -0.4 is 0 Å². The lowest BCUT2D eigenvalue weighted by molar-refractivity contribution is 0.169. The van der Waals surface area contributed by atoms with Gasteiger partial charge in [0.2, 0.25) is 0 Å². The summed E-state index contributed by atoms with van der Waals surface area (Å²) in [5.74, 6) is 0.531. The molecule has 0 amide bonds. The second-order valence-electron chi connectivity index (χ2n) is 4.35. The van der Waals surface area contributed by atoms with Crippen molar-refractivity contribution in [2.45, 2.75) is 12.5 Å². The van der Waals surface area contributed by atoms with Crippen LogP contribution in [0.1, 0.15) is 17.6 Å². The third kappa shape index (κ3) is 2.62. The van der Waals surface area contributed by atoms with Crippen molar-refractivity contribution in [2.75, 3.05) is 0 Å². The summed E-state index contributed by atoms with van der Waals surface area (Å²) in [6.07, 6.45) is -0.304. The normalized spacial score (nSPS) is 12.7. The topological polar surface area (TPSA) is 46.3 Å². The van der Waals surface area contributed by atoms with Gasteiger partial charge in [0.1, 0.15) is 5.52 Å². The zero-order valence-electron chi connectivity index (χ0n) is 10.1. The largest absolute Gasteiger partial charge is 0.441 e. The number of nitrogens with zero attached hydrogens (tertiary/aromatic N) is 1. The zero-order chi connectivity index (χ0) is 13.2. The molecule has 0 spiro atoms. The fourth-order valence-electron chi connectivity index (χ4n) is 1.98. The molecule has 1 unspecified atom stereocenters. The first kappa shape index (κ1) is 12.2. The molecule has 96 valence electrons. The van der Waals surface area contributed by atoms with E-state index in [9.17, 15) is 5.11 Å². The van der Waals surface area contributed by atoms with Crippen molar-refractivity contribution in [3.63, 3.8) is 0 Å². The maximum absolute atomic E-state index is 10.1. The molecule has 0 aliphatic carbocycles. The average molecular weight is 274 g/mol. The monoisotopic (exact) mass is 273 g/mol. The molecule has 1 heterocycles. The summed E-state index contributed by atoms with van der Waals surface area (Å²) >= 11 is 5.82. The van der Waals surface area contributed by atoms with E-state index in [1.54, 1.807) is 24.3 Å². The van der Waals surface area contributed by atoms with Gasteiger partial charge in [-0.05, 0) is 29.8 Å². The number of rotatable bonds is 3. The smallest absolute Gasteiger partial charge is 0.198 e. The number of fused-ring (bicyclic) bond motifs is 1. The standard InChI is InChI=1S/C15H12ClNO2/c16-11-7-5-10(6-8-11)13(18)9-15-17-12-3-1-2-4-14(12)19-15/h1-8,13,18H,9H2. The summed E-state index contributed by atoms with van der Waals surface area (Å²) in [6, 6.07) is 14.7. The van der Waals surface area contributed by atoms with Crippen LogP contribution in [0.4, 0.5) is 0 Å². The number of halogens is 1. The van der Waals surface area contributed by atoms with Crippen molar-refractivity contribution in [2.24, 2.45) is 0 Å². The first-order valence-electron chi connectivity index (χ1n) is 6.00. The van der Waals surface area contributed by atoms with Crippen molar-refractivity contribution in [1.29, 1.82) is 0 Å². The number of hydrogen-bond acceptors (Lipinski definition) is 3. The number of hydrogen-bond donors (Lipinski definition) is 1. The lowest BCUT2D eigenvalue weighted by Crippen LogP contribution is -2.01. The highest BCUT2D eigenvalue weighted by Crippen LogP contribution is 2.22. The lowest BCUT2D eigenvalue weighted by Gasteiger charge is -2.08. The molecule has 3 aromatic rings. The SMILES string of the molecule is OC(Cc1nc2ccccc2o1)c1ccc(Cl)cc1. The molecule has 0 aliphatic rings. The molecule has 1 atom stereocenters. The number of aliphatic hydroxyl groups is 1. The summed E-state index contributed by atoms with van der Waals surface area (Å²) in [5.41, 5.74) is 2.34. The van der Waals surface area contributed by atoms with Crippen LogP contribution >= 0.6 is 11.6 Å². The number of aromatic nitrogens is 1. The van der Waals surface area contributed by atoms with Gasteiger partial charge in [-0.1, -0.05) is 35.9 Å². The van der Waals surface area contributed by atoms with E-state index in [0.29, 0.717) is 17.3 Å². The number of oxazole rings is 1. The Bertz CT molecular complexity index is 658. The minimum Gasteiger partial charge on any atom is -0.441 e. The summed E-state index contributed by atoms with van der Waals surface area (Å²) in [6.45, 7) is 0. The molecule has 0 radical (unpaired) electrons. The molecule has 0 fully saturated rings. The van der Waals surface area contributed by atoms with Gasteiger partial charge in [0.05, 0.1) is 12.5 Å². The molecule has 19 heavy (non-hydrogen) atoms. The molecule has 3 rings (SSSR count). The quantitative estimate of drug-likeness (QED) is 0.790. The van der Waals surface area contributed by atoms with E-state index in [1.165, 1.54) is 0 Å². The van der Waals surface area contributed by atoms with Crippen molar-refractivity contribution < 1.29 is 9.52 Å². The van der Waals surface area contributed by atoms with E-state index in [0.717, 1.165) is 16.7 Å². The number of benzene rings is 2. The van der Waals surface area contributed by atoms with Gasteiger partial charge < -0.3 is 9.52 Å². The van der Waals surface area contributed by atoms with Gasteiger partial charge in [-0.3, -0.25) is 0 Å². The van der Waals surface area contributed by atoms with Crippen LogP contribution in [-0.4, -0.2) is 10.1 Å². The van der Waals surface area contributed by atoms with Gasteiger partial charge in [-0.15, -0.1) is 0 Å². The van der Waals surface area contributed by atoms with E-state index in [-0.39, 0.29) is 0 Å². The minimum atomic E-state index is -0.648. The summed E-state index contributed by atoms with van der Waals surface area (Å²) in [7, 11) is 0. The zero-order valence-corrected chi connectivity index (χ0v) is 10.8. The molecular weight excluding hydrogens is 262 g/mol. The Balaban J connectivity index is 1.82. The van der Waals surface area contributed by atoms with Crippen LogP contribution in [-0.2, 0) is 6.42 Å². The van der Waals surface area contributed by atoms with Gasteiger partial charge in [0.25, 0.3) is 0 Å². The highest BCUT2D eigenvalue weighted by atomic mass is 35.5. The van der Waals surface area contributed by atoms with Crippen LogP contribution in [0.25, 0.3) is 11.1 Å². The van der Waals surface area contributed by atoms with Crippen molar-refractivity contribution >= 4 is 22.7 Å². The molecule has 0 saturated heterocycles. The van der Waals surface area contributed by atoms with Crippen molar-refractivity contribution in [3.05, 3.63) is 65.0 Å². The Hall–Kier alpha value is -1.84. The van der Waals surface area contributed by atoms with E-state index in [2.05, 4.69) is 4.98 Å². The predicted octanol–water partition coefficient (Wildman–Crippen LogP) is 3.76. The molecule has 1 aromatic heterocycles. The first-order valence-corrected chi connectivity index (χ1v) is 6.38.